The summed E-state index contributed by atoms with van der Waals surface area (Å²) in [5.74, 6) is -3.11. The molecule has 0 amide bonds. The third-order valence-corrected chi connectivity index (χ3v) is 4.25. The zero-order valence-corrected chi connectivity index (χ0v) is 11.5. The van der Waals surface area contributed by atoms with Gasteiger partial charge in [0.05, 0.1) is 0 Å². The summed E-state index contributed by atoms with van der Waals surface area (Å²) in [4.78, 5) is 0. The van der Waals surface area contributed by atoms with Crippen molar-refractivity contribution in [1.29, 1.82) is 0 Å². The highest BCUT2D eigenvalue weighted by Gasteiger charge is 2.28. The lowest BCUT2D eigenvalue weighted by Gasteiger charge is -2.30. The SMILES string of the molecule is NC(c1cc(F)c(F)cc1F)C1CCCc2ccccc21. The third-order valence-electron chi connectivity index (χ3n) is 4.25. The molecule has 0 bridgehead atoms. The summed E-state index contributed by atoms with van der Waals surface area (Å²) in [5, 5.41) is 0. The van der Waals surface area contributed by atoms with E-state index < -0.39 is 23.5 Å². The molecular formula is C17H16F3N. The number of aryl methyl sites for hydroxylation is 1. The van der Waals surface area contributed by atoms with E-state index in [0.29, 0.717) is 6.07 Å². The Hall–Kier alpha value is -1.81. The maximum absolute atomic E-state index is 13.9. The molecule has 1 aliphatic rings. The largest absolute Gasteiger partial charge is 0.323 e. The molecule has 0 aromatic heterocycles. The smallest absolute Gasteiger partial charge is 0.161 e. The molecule has 0 radical (unpaired) electrons. The van der Waals surface area contributed by atoms with Gasteiger partial charge >= 0.3 is 0 Å². The predicted octanol–water partition coefficient (Wildman–Crippen LogP) is 4.22. The molecule has 0 saturated carbocycles. The molecule has 2 aromatic rings. The summed E-state index contributed by atoms with van der Waals surface area (Å²) in [5.41, 5.74) is 8.50. The Morgan fingerprint density at radius 3 is 2.52 bits per heavy atom. The molecule has 4 heteroatoms. The van der Waals surface area contributed by atoms with E-state index in [1.807, 2.05) is 24.3 Å². The van der Waals surface area contributed by atoms with Crippen LogP contribution in [0.5, 0.6) is 0 Å². The van der Waals surface area contributed by atoms with Crippen molar-refractivity contribution in [3.63, 3.8) is 0 Å². The van der Waals surface area contributed by atoms with Crippen molar-refractivity contribution < 1.29 is 13.2 Å². The van der Waals surface area contributed by atoms with Gasteiger partial charge in [-0.05, 0) is 36.5 Å². The van der Waals surface area contributed by atoms with Gasteiger partial charge in [0, 0.05) is 23.6 Å². The Kier molecular flexibility index (Phi) is 3.72. The molecular weight excluding hydrogens is 275 g/mol. The Morgan fingerprint density at radius 2 is 1.71 bits per heavy atom. The second-order valence-corrected chi connectivity index (χ2v) is 5.51. The topological polar surface area (TPSA) is 26.0 Å². The van der Waals surface area contributed by atoms with E-state index in [4.69, 9.17) is 5.73 Å². The van der Waals surface area contributed by atoms with Gasteiger partial charge in [0.1, 0.15) is 5.82 Å². The highest BCUT2D eigenvalue weighted by atomic mass is 19.2. The fraction of sp³-hybridized carbons (Fsp3) is 0.294. The quantitative estimate of drug-likeness (QED) is 0.824. The van der Waals surface area contributed by atoms with E-state index in [2.05, 4.69) is 0 Å². The first-order chi connectivity index (χ1) is 10.1. The highest BCUT2D eigenvalue weighted by molar-refractivity contribution is 5.36. The van der Waals surface area contributed by atoms with Gasteiger partial charge in [-0.2, -0.15) is 0 Å². The van der Waals surface area contributed by atoms with Crippen LogP contribution < -0.4 is 5.73 Å². The average Bonchev–Trinajstić information content (AvgIpc) is 2.49. The van der Waals surface area contributed by atoms with Crippen molar-refractivity contribution in [1.82, 2.24) is 0 Å². The standard InChI is InChI=1S/C17H16F3N/c18-14-9-16(20)15(19)8-13(14)17(21)12-7-3-5-10-4-1-2-6-11(10)12/h1-2,4,6,8-9,12,17H,3,5,7,21H2. The molecule has 21 heavy (non-hydrogen) atoms. The zero-order chi connectivity index (χ0) is 15.0. The maximum atomic E-state index is 13.9. The number of hydrogen-bond acceptors (Lipinski definition) is 1. The first-order valence-corrected chi connectivity index (χ1v) is 7.05. The fourth-order valence-corrected chi connectivity index (χ4v) is 3.17. The highest BCUT2D eigenvalue weighted by Crippen LogP contribution is 2.39. The molecule has 0 fully saturated rings. The predicted molar refractivity (Wildman–Crippen MR) is 75.4 cm³/mol. The van der Waals surface area contributed by atoms with Gasteiger partial charge in [-0.1, -0.05) is 24.3 Å². The van der Waals surface area contributed by atoms with Gasteiger partial charge in [-0.15, -0.1) is 0 Å². The molecule has 3 rings (SSSR count). The van der Waals surface area contributed by atoms with E-state index >= 15 is 0 Å². The van der Waals surface area contributed by atoms with Gasteiger partial charge in [0.25, 0.3) is 0 Å². The maximum Gasteiger partial charge on any atom is 0.161 e. The van der Waals surface area contributed by atoms with Crippen LogP contribution in [0.2, 0.25) is 0 Å². The van der Waals surface area contributed by atoms with E-state index in [1.165, 1.54) is 5.56 Å². The zero-order valence-electron chi connectivity index (χ0n) is 11.5. The minimum absolute atomic E-state index is 0.0376. The van der Waals surface area contributed by atoms with Gasteiger partial charge in [0.15, 0.2) is 11.6 Å². The van der Waals surface area contributed by atoms with Gasteiger partial charge in [0.2, 0.25) is 0 Å². The Bertz CT molecular complexity index is 669. The number of halogens is 3. The number of hydrogen-bond donors (Lipinski definition) is 1. The van der Waals surface area contributed by atoms with Crippen molar-refractivity contribution in [2.45, 2.75) is 31.2 Å². The van der Waals surface area contributed by atoms with E-state index in [9.17, 15) is 13.2 Å². The summed E-state index contributed by atoms with van der Waals surface area (Å²) < 4.78 is 40.4. The minimum Gasteiger partial charge on any atom is -0.323 e. The molecule has 0 heterocycles. The Labute approximate surface area is 121 Å². The van der Waals surface area contributed by atoms with Crippen LogP contribution in [0.15, 0.2) is 36.4 Å². The Balaban J connectivity index is 2.00. The first kappa shape index (κ1) is 14.1. The fourth-order valence-electron chi connectivity index (χ4n) is 3.17. The molecule has 0 aliphatic heterocycles. The molecule has 2 unspecified atom stereocenters. The van der Waals surface area contributed by atoms with Crippen molar-refractivity contribution in [2.24, 2.45) is 5.73 Å². The number of nitrogens with two attached hydrogens (primary N) is 1. The average molecular weight is 291 g/mol. The van der Waals surface area contributed by atoms with Crippen molar-refractivity contribution in [3.05, 3.63) is 70.5 Å². The van der Waals surface area contributed by atoms with Gasteiger partial charge < -0.3 is 5.73 Å². The molecule has 1 aliphatic carbocycles. The van der Waals surface area contributed by atoms with Crippen LogP contribution in [0.4, 0.5) is 13.2 Å². The lowest BCUT2D eigenvalue weighted by Crippen LogP contribution is -2.24. The van der Waals surface area contributed by atoms with E-state index in [0.717, 1.165) is 30.9 Å². The summed E-state index contributed by atoms with van der Waals surface area (Å²) in [6, 6.07) is 8.68. The van der Waals surface area contributed by atoms with Crippen LogP contribution in [-0.4, -0.2) is 0 Å². The van der Waals surface area contributed by atoms with Crippen molar-refractivity contribution in [2.75, 3.05) is 0 Å². The van der Waals surface area contributed by atoms with Gasteiger partial charge in [-0.25, -0.2) is 13.2 Å². The van der Waals surface area contributed by atoms with Crippen LogP contribution in [0.1, 0.15) is 41.5 Å². The lowest BCUT2D eigenvalue weighted by atomic mass is 9.77. The second-order valence-electron chi connectivity index (χ2n) is 5.51. The van der Waals surface area contributed by atoms with E-state index in [-0.39, 0.29) is 11.5 Å². The van der Waals surface area contributed by atoms with Crippen molar-refractivity contribution in [3.8, 4) is 0 Å². The number of benzene rings is 2. The van der Waals surface area contributed by atoms with Crippen LogP contribution in [0, 0.1) is 17.5 Å². The summed E-state index contributed by atoms with van der Waals surface area (Å²) in [6.45, 7) is 0. The molecule has 0 spiro atoms. The van der Waals surface area contributed by atoms with Crippen LogP contribution in [0.25, 0.3) is 0 Å². The molecule has 2 N–H and O–H groups in total. The number of rotatable bonds is 2. The number of fused-ring (bicyclic) bond motifs is 1. The van der Waals surface area contributed by atoms with Crippen LogP contribution in [0.3, 0.4) is 0 Å². The lowest BCUT2D eigenvalue weighted by molar-refractivity contribution is 0.443. The second kappa shape index (κ2) is 5.53. The summed E-state index contributed by atoms with van der Waals surface area (Å²) >= 11 is 0. The minimum atomic E-state index is -1.19. The molecule has 1 nitrogen and oxygen atoms in total. The van der Waals surface area contributed by atoms with Crippen LogP contribution >= 0.6 is 0 Å². The Morgan fingerprint density at radius 1 is 1.00 bits per heavy atom. The molecule has 0 saturated heterocycles. The molecule has 110 valence electrons. The molecule has 2 aromatic carbocycles. The summed E-state index contributed by atoms with van der Waals surface area (Å²) in [7, 11) is 0. The summed E-state index contributed by atoms with van der Waals surface area (Å²) in [6.07, 6.45) is 2.75. The van der Waals surface area contributed by atoms with Crippen LogP contribution in [-0.2, 0) is 6.42 Å². The third kappa shape index (κ3) is 2.56. The van der Waals surface area contributed by atoms with Crippen molar-refractivity contribution >= 4 is 0 Å². The molecule has 2 atom stereocenters. The normalized spacial score (nSPS) is 19.1. The first-order valence-electron chi connectivity index (χ1n) is 7.05. The van der Waals surface area contributed by atoms with Gasteiger partial charge in [-0.3, -0.25) is 0 Å². The monoisotopic (exact) mass is 291 g/mol. The van der Waals surface area contributed by atoms with E-state index in [1.54, 1.807) is 0 Å².